The van der Waals surface area contributed by atoms with Gasteiger partial charge >= 0.3 is 0 Å². The highest BCUT2D eigenvalue weighted by molar-refractivity contribution is 5.91. The monoisotopic (exact) mass is 363 g/mol. The Hall–Kier alpha value is -2.85. The molecule has 0 saturated heterocycles. The lowest BCUT2D eigenvalue weighted by molar-refractivity contribution is 0.0833. The van der Waals surface area contributed by atoms with E-state index in [2.05, 4.69) is 15.5 Å². The molecule has 1 aliphatic heterocycles. The molecule has 9 nitrogen and oxygen atoms in total. The van der Waals surface area contributed by atoms with Gasteiger partial charge < -0.3 is 20.1 Å². The molecule has 1 aliphatic rings. The van der Waals surface area contributed by atoms with Gasteiger partial charge in [-0.2, -0.15) is 0 Å². The fourth-order valence-electron chi connectivity index (χ4n) is 2.61. The zero-order valence-corrected chi connectivity index (χ0v) is 13.9. The van der Waals surface area contributed by atoms with Gasteiger partial charge in [0.1, 0.15) is 5.82 Å². The molecule has 1 aromatic heterocycles. The van der Waals surface area contributed by atoms with Crippen molar-refractivity contribution < 1.29 is 19.0 Å². The molecule has 0 unspecified atom stereocenters. The van der Waals surface area contributed by atoms with Gasteiger partial charge in [0.25, 0.3) is 11.5 Å². The molecule has 1 aromatic carbocycles. The Bertz CT molecular complexity index is 840. The predicted octanol–water partition coefficient (Wildman–Crippen LogP) is -0.332. The van der Waals surface area contributed by atoms with Gasteiger partial charge in [-0.3, -0.25) is 14.2 Å². The number of hydrogen-bond donors (Lipinski definition) is 2. The number of ether oxygens (including phenoxy) is 1. The topological polar surface area (TPSA) is 110 Å². The average molecular weight is 363 g/mol. The van der Waals surface area contributed by atoms with Crippen LogP contribution in [0.5, 0.6) is 0 Å². The van der Waals surface area contributed by atoms with Gasteiger partial charge in [0.2, 0.25) is 11.6 Å². The first-order chi connectivity index (χ1) is 12.6. The number of hydrogen-bond acceptors (Lipinski definition) is 7. The molecule has 0 bridgehead atoms. The van der Waals surface area contributed by atoms with Crippen LogP contribution in [0.1, 0.15) is 10.5 Å². The largest absolute Gasteiger partial charge is 0.394 e. The Morgan fingerprint density at radius 1 is 1.23 bits per heavy atom. The van der Waals surface area contributed by atoms with Crippen LogP contribution in [-0.2, 0) is 11.3 Å². The molecule has 138 valence electrons. The molecule has 2 heterocycles. The van der Waals surface area contributed by atoms with E-state index in [1.165, 1.54) is 16.7 Å². The molecule has 0 radical (unpaired) electrons. The van der Waals surface area contributed by atoms with E-state index in [9.17, 15) is 14.0 Å². The molecule has 2 aromatic rings. The molecule has 0 aliphatic carbocycles. The van der Waals surface area contributed by atoms with Crippen LogP contribution in [0.15, 0.2) is 29.1 Å². The maximum Gasteiger partial charge on any atom is 0.286 e. The minimum Gasteiger partial charge on any atom is -0.394 e. The number of nitrogens with one attached hydrogen (secondary N) is 1. The smallest absolute Gasteiger partial charge is 0.286 e. The third kappa shape index (κ3) is 3.70. The van der Waals surface area contributed by atoms with Crippen LogP contribution in [-0.4, -0.2) is 58.7 Å². The molecular weight excluding hydrogens is 345 g/mol. The lowest BCUT2D eigenvalue weighted by Gasteiger charge is -2.16. The van der Waals surface area contributed by atoms with Crippen LogP contribution >= 0.6 is 0 Å². The number of fused-ring (bicyclic) bond motifs is 1. The number of anilines is 2. The van der Waals surface area contributed by atoms with Crippen LogP contribution in [0.2, 0.25) is 0 Å². The summed E-state index contributed by atoms with van der Waals surface area (Å²) in [4.78, 5) is 26.4. The second-order valence-corrected chi connectivity index (χ2v) is 5.53. The standard InChI is InChI=1S/C16H18FN5O4/c17-11-1-3-12(4-2-11)21-6-7-22-15(25)13(19-20-16(21)22)14(24)18-5-9-26-10-8-23/h1-4,23H,5-10H2,(H,18,24). The van der Waals surface area contributed by atoms with Crippen molar-refractivity contribution in [2.75, 3.05) is 37.8 Å². The molecule has 2 N–H and O–H groups in total. The molecule has 0 saturated carbocycles. The summed E-state index contributed by atoms with van der Waals surface area (Å²) in [6.45, 7) is 1.29. The van der Waals surface area contributed by atoms with Crippen LogP contribution in [0.25, 0.3) is 0 Å². The zero-order valence-electron chi connectivity index (χ0n) is 13.9. The minimum absolute atomic E-state index is 0.101. The van der Waals surface area contributed by atoms with E-state index in [-0.39, 0.29) is 37.9 Å². The summed E-state index contributed by atoms with van der Waals surface area (Å²) >= 11 is 0. The molecule has 0 spiro atoms. The second kappa shape index (κ2) is 8.02. The second-order valence-electron chi connectivity index (χ2n) is 5.53. The summed E-state index contributed by atoms with van der Waals surface area (Å²) in [5, 5.41) is 18.9. The van der Waals surface area contributed by atoms with E-state index >= 15 is 0 Å². The maximum absolute atomic E-state index is 13.1. The highest BCUT2D eigenvalue weighted by Crippen LogP contribution is 2.26. The van der Waals surface area contributed by atoms with E-state index in [1.54, 1.807) is 17.0 Å². The van der Waals surface area contributed by atoms with Crippen LogP contribution in [0, 0.1) is 5.82 Å². The van der Waals surface area contributed by atoms with Crippen LogP contribution in [0.4, 0.5) is 16.0 Å². The highest BCUT2D eigenvalue weighted by atomic mass is 19.1. The van der Waals surface area contributed by atoms with E-state index in [4.69, 9.17) is 9.84 Å². The summed E-state index contributed by atoms with van der Waals surface area (Å²) in [6.07, 6.45) is 0. The Labute approximate surface area is 148 Å². The number of aliphatic hydroxyl groups excluding tert-OH is 1. The fourth-order valence-corrected chi connectivity index (χ4v) is 2.61. The summed E-state index contributed by atoms with van der Waals surface area (Å²) < 4.78 is 19.5. The number of halogens is 1. The van der Waals surface area contributed by atoms with Gasteiger partial charge in [-0.25, -0.2) is 4.39 Å². The van der Waals surface area contributed by atoms with Crippen LogP contribution in [0.3, 0.4) is 0 Å². The predicted molar refractivity (Wildman–Crippen MR) is 89.9 cm³/mol. The first kappa shape index (κ1) is 18.0. The van der Waals surface area contributed by atoms with Crippen LogP contribution < -0.4 is 15.8 Å². The van der Waals surface area contributed by atoms with Crippen molar-refractivity contribution in [2.24, 2.45) is 0 Å². The van der Waals surface area contributed by atoms with E-state index in [1.807, 2.05) is 0 Å². The number of amides is 1. The SMILES string of the molecule is O=C(NCCOCCO)c1nnc2n(c1=O)CCN2c1ccc(F)cc1. The molecule has 1 amide bonds. The molecule has 0 fully saturated rings. The zero-order chi connectivity index (χ0) is 18.5. The van der Waals surface area contributed by atoms with Crippen molar-refractivity contribution in [3.8, 4) is 0 Å². The third-order valence-electron chi connectivity index (χ3n) is 3.84. The van der Waals surface area contributed by atoms with Crippen molar-refractivity contribution in [3.05, 3.63) is 46.1 Å². The van der Waals surface area contributed by atoms with Gasteiger partial charge in [0, 0.05) is 25.3 Å². The first-order valence-corrected chi connectivity index (χ1v) is 8.09. The molecule has 26 heavy (non-hydrogen) atoms. The molecule has 10 heteroatoms. The number of rotatable bonds is 7. The summed E-state index contributed by atoms with van der Waals surface area (Å²) in [5.74, 6) is -0.679. The third-order valence-corrected chi connectivity index (χ3v) is 3.84. The quantitative estimate of drug-likeness (QED) is 0.648. The summed E-state index contributed by atoms with van der Waals surface area (Å²) in [5.41, 5.74) is -0.144. The number of carbonyl (C=O) groups excluding carboxylic acids is 1. The summed E-state index contributed by atoms with van der Waals surface area (Å²) in [6, 6.07) is 5.82. The first-order valence-electron chi connectivity index (χ1n) is 8.09. The van der Waals surface area contributed by atoms with Gasteiger partial charge in [-0.1, -0.05) is 0 Å². The Morgan fingerprint density at radius 2 is 2.00 bits per heavy atom. The number of nitrogens with zero attached hydrogens (tertiary/aromatic N) is 4. The molecule has 0 atom stereocenters. The average Bonchev–Trinajstić information content (AvgIpc) is 3.07. The molecular formula is C16H18FN5O4. The number of carbonyl (C=O) groups is 1. The lowest BCUT2D eigenvalue weighted by Crippen LogP contribution is -2.36. The number of aliphatic hydroxyl groups is 1. The number of aromatic nitrogens is 3. The van der Waals surface area contributed by atoms with Crippen molar-refractivity contribution in [1.82, 2.24) is 20.1 Å². The van der Waals surface area contributed by atoms with Gasteiger partial charge in [-0.15, -0.1) is 10.2 Å². The van der Waals surface area contributed by atoms with E-state index in [0.29, 0.717) is 24.7 Å². The normalized spacial score (nSPS) is 12.9. The minimum atomic E-state index is -0.634. The van der Waals surface area contributed by atoms with Gasteiger partial charge in [0.15, 0.2) is 0 Å². The molecule has 3 rings (SSSR count). The van der Waals surface area contributed by atoms with Crippen molar-refractivity contribution in [3.63, 3.8) is 0 Å². The van der Waals surface area contributed by atoms with Gasteiger partial charge in [-0.05, 0) is 24.3 Å². The van der Waals surface area contributed by atoms with Crippen molar-refractivity contribution >= 4 is 17.5 Å². The number of benzene rings is 1. The van der Waals surface area contributed by atoms with E-state index in [0.717, 1.165) is 0 Å². The Morgan fingerprint density at radius 3 is 2.73 bits per heavy atom. The van der Waals surface area contributed by atoms with Crippen molar-refractivity contribution in [2.45, 2.75) is 6.54 Å². The van der Waals surface area contributed by atoms with Gasteiger partial charge in [0.05, 0.1) is 19.8 Å². The fraction of sp³-hybridized carbons (Fsp3) is 0.375. The van der Waals surface area contributed by atoms with E-state index < -0.39 is 11.5 Å². The highest BCUT2D eigenvalue weighted by Gasteiger charge is 2.27. The lowest BCUT2D eigenvalue weighted by atomic mass is 10.3. The maximum atomic E-state index is 13.1. The summed E-state index contributed by atoms with van der Waals surface area (Å²) in [7, 11) is 0. The van der Waals surface area contributed by atoms with Crippen molar-refractivity contribution in [1.29, 1.82) is 0 Å². The Balaban J connectivity index is 1.74. The Kier molecular flexibility index (Phi) is 5.54.